The molecule has 0 amide bonds. The van der Waals surface area contributed by atoms with Gasteiger partial charge in [-0.3, -0.25) is 0 Å². The monoisotopic (exact) mass is 235 g/mol. The molecule has 2 aromatic rings. The van der Waals surface area contributed by atoms with Crippen LogP contribution < -0.4 is 5.73 Å². The first-order valence-corrected chi connectivity index (χ1v) is 5.98. The molecule has 0 bridgehead atoms. The Morgan fingerprint density at radius 2 is 2.00 bits per heavy atom. The van der Waals surface area contributed by atoms with Gasteiger partial charge in [0.1, 0.15) is 0 Å². The standard InChI is InChI=1S/C11H13N3OS/c1-8-13-14-11(15-8)16-7-10-5-3-2-4-9(10)6-12/h2-5H,6-7,12H2,1H3. The minimum atomic E-state index is 0.555. The molecule has 0 radical (unpaired) electrons. The van der Waals surface area contributed by atoms with Gasteiger partial charge in [0, 0.05) is 19.2 Å². The number of nitrogens with two attached hydrogens (primary N) is 1. The van der Waals surface area contributed by atoms with E-state index in [0.29, 0.717) is 17.7 Å². The van der Waals surface area contributed by atoms with Gasteiger partial charge in [-0.25, -0.2) is 0 Å². The van der Waals surface area contributed by atoms with E-state index in [4.69, 9.17) is 10.2 Å². The van der Waals surface area contributed by atoms with Crippen LogP contribution in [0.5, 0.6) is 0 Å². The number of aromatic nitrogens is 2. The van der Waals surface area contributed by atoms with E-state index in [1.54, 1.807) is 6.92 Å². The van der Waals surface area contributed by atoms with Gasteiger partial charge in [0.25, 0.3) is 5.22 Å². The van der Waals surface area contributed by atoms with E-state index < -0.39 is 0 Å². The van der Waals surface area contributed by atoms with Gasteiger partial charge in [0.2, 0.25) is 5.89 Å². The number of rotatable bonds is 4. The van der Waals surface area contributed by atoms with Crippen molar-refractivity contribution in [1.29, 1.82) is 0 Å². The Bertz CT molecular complexity index is 470. The third-order valence-electron chi connectivity index (χ3n) is 2.20. The highest BCUT2D eigenvalue weighted by Crippen LogP contribution is 2.22. The number of hydrogen-bond acceptors (Lipinski definition) is 5. The van der Waals surface area contributed by atoms with Gasteiger partial charge in [-0.2, -0.15) is 0 Å². The van der Waals surface area contributed by atoms with E-state index in [2.05, 4.69) is 16.3 Å². The van der Waals surface area contributed by atoms with Crippen molar-refractivity contribution in [1.82, 2.24) is 10.2 Å². The van der Waals surface area contributed by atoms with E-state index in [1.807, 2.05) is 18.2 Å². The van der Waals surface area contributed by atoms with Crippen molar-refractivity contribution >= 4 is 11.8 Å². The smallest absolute Gasteiger partial charge is 0.276 e. The number of hydrogen-bond donors (Lipinski definition) is 1. The molecular weight excluding hydrogens is 222 g/mol. The first kappa shape index (κ1) is 11.2. The lowest BCUT2D eigenvalue weighted by atomic mass is 10.1. The summed E-state index contributed by atoms with van der Waals surface area (Å²) in [6.07, 6.45) is 0. The second kappa shape index (κ2) is 5.14. The highest BCUT2D eigenvalue weighted by molar-refractivity contribution is 7.98. The molecule has 0 atom stereocenters. The summed E-state index contributed by atoms with van der Waals surface area (Å²) in [6.45, 7) is 2.34. The third kappa shape index (κ3) is 2.62. The van der Waals surface area contributed by atoms with Crippen LogP contribution >= 0.6 is 11.8 Å². The van der Waals surface area contributed by atoms with Gasteiger partial charge in [-0.1, -0.05) is 36.0 Å². The van der Waals surface area contributed by atoms with E-state index in [0.717, 1.165) is 11.3 Å². The Labute approximate surface area is 98.2 Å². The quantitative estimate of drug-likeness (QED) is 0.822. The molecule has 5 heteroatoms. The molecule has 0 spiro atoms. The van der Waals surface area contributed by atoms with Crippen molar-refractivity contribution in [2.45, 2.75) is 24.4 Å². The Morgan fingerprint density at radius 1 is 1.25 bits per heavy atom. The average Bonchev–Trinajstić information content (AvgIpc) is 2.73. The fourth-order valence-electron chi connectivity index (χ4n) is 1.37. The first-order chi connectivity index (χ1) is 7.79. The van der Waals surface area contributed by atoms with Crippen LogP contribution in [0.2, 0.25) is 0 Å². The Hall–Kier alpha value is -1.33. The number of thioether (sulfide) groups is 1. The topological polar surface area (TPSA) is 64.9 Å². The fraction of sp³-hybridized carbons (Fsp3) is 0.273. The maximum Gasteiger partial charge on any atom is 0.276 e. The molecule has 0 aliphatic rings. The van der Waals surface area contributed by atoms with Crippen LogP contribution in [-0.2, 0) is 12.3 Å². The van der Waals surface area contributed by atoms with Gasteiger partial charge < -0.3 is 10.2 Å². The second-order valence-corrected chi connectivity index (χ2v) is 4.28. The molecule has 1 aromatic heterocycles. The summed E-state index contributed by atoms with van der Waals surface area (Å²) in [4.78, 5) is 0. The molecule has 0 aliphatic carbocycles. The molecule has 2 N–H and O–H groups in total. The lowest BCUT2D eigenvalue weighted by Crippen LogP contribution is -2.00. The SMILES string of the molecule is Cc1nnc(SCc2ccccc2CN)o1. The van der Waals surface area contributed by atoms with Crippen molar-refractivity contribution in [2.75, 3.05) is 0 Å². The van der Waals surface area contributed by atoms with Gasteiger partial charge in [-0.15, -0.1) is 10.2 Å². The summed E-state index contributed by atoms with van der Waals surface area (Å²) < 4.78 is 5.29. The van der Waals surface area contributed by atoms with Crippen LogP contribution in [0.3, 0.4) is 0 Å². The Kier molecular flexibility index (Phi) is 3.58. The molecule has 4 nitrogen and oxygen atoms in total. The van der Waals surface area contributed by atoms with E-state index in [-0.39, 0.29) is 0 Å². The largest absolute Gasteiger partial charge is 0.416 e. The average molecular weight is 235 g/mol. The first-order valence-electron chi connectivity index (χ1n) is 4.99. The molecule has 0 unspecified atom stereocenters. The molecule has 0 saturated heterocycles. The van der Waals surface area contributed by atoms with Gasteiger partial charge in [-0.05, 0) is 11.1 Å². The molecule has 16 heavy (non-hydrogen) atoms. The zero-order chi connectivity index (χ0) is 11.4. The molecular formula is C11H13N3OS. The summed E-state index contributed by atoms with van der Waals surface area (Å²) in [7, 11) is 0. The molecule has 2 rings (SSSR count). The van der Waals surface area contributed by atoms with Crippen molar-refractivity contribution in [3.63, 3.8) is 0 Å². The zero-order valence-electron chi connectivity index (χ0n) is 9.01. The van der Waals surface area contributed by atoms with Crippen LogP contribution in [-0.4, -0.2) is 10.2 Å². The summed E-state index contributed by atoms with van der Waals surface area (Å²) >= 11 is 1.53. The summed E-state index contributed by atoms with van der Waals surface area (Å²) in [5, 5.41) is 8.31. The maximum absolute atomic E-state index is 5.66. The predicted molar refractivity (Wildman–Crippen MR) is 62.9 cm³/mol. The molecule has 0 saturated carbocycles. The van der Waals surface area contributed by atoms with E-state index >= 15 is 0 Å². The van der Waals surface area contributed by atoms with Crippen molar-refractivity contribution in [3.05, 3.63) is 41.3 Å². The van der Waals surface area contributed by atoms with Crippen molar-refractivity contribution in [2.24, 2.45) is 5.73 Å². The van der Waals surface area contributed by atoms with Crippen LogP contribution in [0.4, 0.5) is 0 Å². The normalized spacial score (nSPS) is 10.6. The van der Waals surface area contributed by atoms with E-state index in [1.165, 1.54) is 17.3 Å². The van der Waals surface area contributed by atoms with Crippen LogP contribution in [0.1, 0.15) is 17.0 Å². The third-order valence-corrected chi connectivity index (χ3v) is 3.06. The highest BCUT2D eigenvalue weighted by atomic mass is 32.2. The van der Waals surface area contributed by atoms with Crippen LogP contribution in [0.15, 0.2) is 33.9 Å². The zero-order valence-corrected chi connectivity index (χ0v) is 9.83. The maximum atomic E-state index is 5.66. The fourth-order valence-corrected chi connectivity index (χ4v) is 2.21. The molecule has 0 fully saturated rings. The van der Waals surface area contributed by atoms with Crippen LogP contribution in [0, 0.1) is 6.92 Å². The molecule has 84 valence electrons. The molecule has 1 aromatic carbocycles. The summed E-state index contributed by atoms with van der Waals surface area (Å²) in [5.74, 6) is 1.39. The van der Waals surface area contributed by atoms with Crippen molar-refractivity contribution in [3.8, 4) is 0 Å². The second-order valence-electron chi connectivity index (χ2n) is 3.35. The van der Waals surface area contributed by atoms with Gasteiger partial charge in [0.05, 0.1) is 0 Å². The minimum Gasteiger partial charge on any atom is -0.416 e. The van der Waals surface area contributed by atoms with Gasteiger partial charge >= 0.3 is 0 Å². The van der Waals surface area contributed by atoms with Crippen LogP contribution in [0.25, 0.3) is 0 Å². The number of aryl methyl sites for hydroxylation is 1. The number of nitrogens with zero attached hydrogens (tertiary/aromatic N) is 2. The van der Waals surface area contributed by atoms with E-state index in [9.17, 15) is 0 Å². The lowest BCUT2D eigenvalue weighted by Gasteiger charge is -2.04. The Balaban J connectivity index is 2.04. The highest BCUT2D eigenvalue weighted by Gasteiger charge is 2.05. The summed E-state index contributed by atoms with van der Waals surface area (Å²) in [6, 6.07) is 8.11. The molecule has 0 aliphatic heterocycles. The minimum absolute atomic E-state index is 0.555. The van der Waals surface area contributed by atoms with Gasteiger partial charge in [0.15, 0.2) is 0 Å². The predicted octanol–water partition coefficient (Wildman–Crippen LogP) is 2.13. The molecule has 1 heterocycles. The number of benzene rings is 1. The van der Waals surface area contributed by atoms with Crippen molar-refractivity contribution < 1.29 is 4.42 Å². The summed E-state index contributed by atoms with van der Waals surface area (Å²) in [5.41, 5.74) is 8.04. The Morgan fingerprint density at radius 3 is 2.62 bits per heavy atom. The lowest BCUT2D eigenvalue weighted by molar-refractivity contribution is 0.429.